The van der Waals surface area contributed by atoms with Gasteiger partial charge in [0.05, 0.1) is 34.5 Å². The van der Waals surface area contributed by atoms with Gasteiger partial charge in [-0.05, 0) is 43.7 Å². The van der Waals surface area contributed by atoms with Crippen molar-refractivity contribution < 1.29 is 23.9 Å². The number of rotatable bonds is 7. The van der Waals surface area contributed by atoms with E-state index in [-0.39, 0.29) is 30.4 Å². The minimum atomic E-state index is -0.417. The van der Waals surface area contributed by atoms with Crippen LogP contribution in [0.15, 0.2) is 36.4 Å². The molecule has 178 valence electrons. The topological polar surface area (TPSA) is 104 Å². The van der Waals surface area contributed by atoms with Crippen LogP contribution in [-0.2, 0) is 9.53 Å². The largest absolute Gasteiger partial charge is 0.493 e. The van der Waals surface area contributed by atoms with E-state index in [9.17, 15) is 14.9 Å². The van der Waals surface area contributed by atoms with E-state index in [1.807, 2.05) is 38.1 Å². The van der Waals surface area contributed by atoms with Gasteiger partial charge in [0.25, 0.3) is 11.6 Å². The average molecular weight is 484 g/mol. The highest BCUT2D eigenvalue weighted by atomic mass is 32.1. The number of methoxy groups -OCH3 is 1. The Morgan fingerprint density at radius 1 is 1.21 bits per heavy atom. The number of amides is 1. The van der Waals surface area contributed by atoms with E-state index in [0.717, 1.165) is 15.3 Å². The number of aromatic nitrogens is 1. The molecular formula is C24H25N3O6S. The smallest absolute Gasteiger partial charge is 0.270 e. The maximum atomic E-state index is 12.6. The highest BCUT2D eigenvalue weighted by molar-refractivity contribution is 7.19. The van der Waals surface area contributed by atoms with Crippen LogP contribution in [0.2, 0.25) is 0 Å². The van der Waals surface area contributed by atoms with Crippen molar-refractivity contribution in [3.8, 4) is 11.5 Å². The summed E-state index contributed by atoms with van der Waals surface area (Å²) in [4.78, 5) is 29.4. The third-order valence-electron chi connectivity index (χ3n) is 5.33. The minimum absolute atomic E-state index is 0.00106. The van der Waals surface area contributed by atoms with Gasteiger partial charge in [-0.2, -0.15) is 0 Å². The minimum Gasteiger partial charge on any atom is -0.493 e. The van der Waals surface area contributed by atoms with Crippen LogP contribution in [0.25, 0.3) is 22.4 Å². The quantitative estimate of drug-likeness (QED) is 0.362. The number of fused-ring (bicyclic) bond motifs is 1. The van der Waals surface area contributed by atoms with Crippen LogP contribution in [0.1, 0.15) is 24.4 Å². The van der Waals surface area contributed by atoms with Crippen molar-refractivity contribution in [1.29, 1.82) is 0 Å². The van der Waals surface area contributed by atoms with Crippen LogP contribution in [0.3, 0.4) is 0 Å². The summed E-state index contributed by atoms with van der Waals surface area (Å²) >= 11 is 1.38. The molecule has 0 N–H and O–H groups in total. The van der Waals surface area contributed by atoms with Crippen molar-refractivity contribution in [3.63, 3.8) is 0 Å². The fourth-order valence-corrected chi connectivity index (χ4v) is 4.71. The van der Waals surface area contributed by atoms with Crippen molar-refractivity contribution >= 4 is 45.3 Å². The third-order valence-corrected chi connectivity index (χ3v) is 6.31. The molecule has 2 unspecified atom stereocenters. The van der Waals surface area contributed by atoms with Crippen molar-refractivity contribution in [1.82, 2.24) is 9.88 Å². The summed E-state index contributed by atoms with van der Waals surface area (Å²) in [6.45, 7) is 4.91. The summed E-state index contributed by atoms with van der Waals surface area (Å²) in [7, 11) is 1.54. The van der Waals surface area contributed by atoms with E-state index < -0.39 is 4.92 Å². The number of nitrogens with zero attached hydrogens (tertiary/aromatic N) is 3. The molecule has 1 fully saturated rings. The first-order valence-corrected chi connectivity index (χ1v) is 11.6. The van der Waals surface area contributed by atoms with Gasteiger partial charge in [0.1, 0.15) is 5.01 Å². The maximum absolute atomic E-state index is 12.6. The van der Waals surface area contributed by atoms with Crippen LogP contribution in [0, 0.1) is 10.1 Å². The number of nitro groups is 1. The highest BCUT2D eigenvalue weighted by Crippen LogP contribution is 2.30. The number of non-ortho nitro benzene ring substituents is 1. The van der Waals surface area contributed by atoms with Crippen molar-refractivity contribution in [2.45, 2.75) is 26.1 Å². The van der Waals surface area contributed by atoms with E-state index in [1.54, 1.807) is 24.1 Å². The van der Waals surface area contributed by atoms with Gasteiger partial charge in [0.2, 0.25) is 0 Å². The lowest BCUT2D eigenvalue weighted by atomic mass is 10.2. The number of hydrogen-bond donors (Lipinski definition) is 0. The van der Waals surface area contributed by atoms with Gasteiger partial charge < -0.3 is 19.1 Å². The Bertz CT molecular complexity index is 1230. The lowest BCUT2D eigenvalue weighted by molar-refractivity contribution is -0.384. The SMILES string of the molecule is COc1cc(/C=C/c2nc3ccc([N+](=O)[O-])cc3s2)ccc1OCC(=O)N1CC(C)OC(C)C1. The molecule has 0 spiro atoms. The number of nitro benzene ring substituents is 1. The molecule has 9 nitrogen and oxygen atoms in total. The van der Waals surface area contributed by atoms with E-state index in [0.29, 0.717) is 30.1 Å². The first-order valence-electron chi connectivity index (χ1n) is 10.8. The Morgan fingerprint density at radius 3 is 2.68 bits per heavy atom. The number of ether oxygens (including phenoxy) is 3. The molecule has 2 aromatic carbocycles. The summed E-state index contributed by atoms with van der Waals surface area (Å²) in [6, 6.07) is 10.1. The summed E-state index contributed by atoms with van der Waals surface area (Å²) in [5, 5.41) is 11.7. The predicted molar refractivity (Wildman–Crippen MR) is 130 cm³/mol. The van der Waals surface area contributed by atoms with E-state index in [1.165, 1.54) is 23.5 Å². The molecule has 10 heteroatoms. The molecule has 3 aromatic rings. The molecule has 2 atom stereocenters. The molecular weight excluding hydrogens is 458 g/mol. The molecule has 0 aliphatic carbocycles. The zero-order valence-electron chi connectivity index (χ0n) is 19.1. The molecule has 4 rings (SSSR count). The Labute approximate surface area is 200 Å². The predicted octanol–water partition coefficient (Wildman–Crippen LogP) is 4.40. The standard InChI is InChI=1S/C24H25N3O6S/c1-15-12-26(13-16(2)33-15)24(28)14-32-20-8-4-17(10-21(20)31-3)5-9-23-25-19-7-6-18(27(29)30)11-22(19)34-23/h4-11,15-16H,12-14H2,1-3H3/b9-5+. The molecule has 1 amide bonds. The molecule has 34 heavy (non-hydrogen) atoms. The van der Waals surface area contributed by atoms with Gasteiger partial charge in [0.15, 0.2) is 18.1 Å². The number of benzene rings is 2. The summed E-state index contributed by atoms with van der Waals surface area (Å²) in [5.41, 5.74) is 1.62. The molecule has 1 aromatic heterocycles. The van der Waals surface area contributed by atoms with Crippen molar-refractivity contribution in [2.75, 3.05) is 26.8 Å². The molecule has 1 aliphatic rings. The van der Waals surface area contributed by atoms with Crippen LogP contribution in [0.4, 0.5) is 5.69 Å². The third kappa shape index (κ3) is 5.52. The van der Waals surface area contributed by atoms with Crippen LogP contribution in [-0.4, -0.2) is 59.7 Å². The number of thiazole rings is 1. The molecule has 1 aliphatic heterocycles. The fraction of sp³-hybridized carbons (Fsp3) is 0.333. The van der Waals surface area contributed by atoms with E-state index in [4.69, 9.17) is 14.2 Å². The number of carbonyl (C=O) groups excluding carboxylic acids is 1. The summed E-state index contributed by atoms with van der Waals surface area (Å²) in [5.74, 6) is 0.900. The van der Waals surface area contributed by atoms with Gasteiger partial charge >= 0.3 is 0 Å². The second-order valence-electron chi connectivity index (χ2n) is 8.05. The summed E-state index contributed by atoms with van der Waals surface area (Å²) in [6.07, 6.45) is 3.72. The number of carbonyl (C=O) groups is 1. The number of morpholine rings is 1. The van der Waals surface area contributed by atoms with E-state index in [2.05, 4.69) is 4.98 Å². The Balaban J connectivity index is 1.42. The molecule has 1 saturated heterocycles. The van der Waals surface area contributed by atoms with Crippen molar-refractivity contribution in [2.24, 2.45) is 0 Å². The Morgan fingerprint density at radius 2 is 1.97 bits per heavy atom. The van der Waals surface area contributed by atoms with Crippen LogP contribution in [0.5, 0.6) is 11.5 Å². The maximum Gasteiger partial charge on any atom is 0.270 e. The number of hydrogen-bond acceptors (Lipinski definition) is 8. The first-order chi connectivity index (χ1) is 16.3. The first kappa shape index (κ1) is 23.7. The zero-order valence-corrected chi connectivity index (χ0v) is 19.9. The summed E-state index contributed by atoms with van der Waals surface area (Å²) < 4.78 is 17.6. The lowest BCUT2D eigenvalue weighted by Crippen LogP contribution is -2.49. The molecule has 0 radical (unpaired) electrons. The molecule has 2 heterocycles. The van der Waals surface area contributed by atoms with Gasteiger partial charge in [-0.1, -0.05) is 12.1 Å². The normalized spacial score (nSPS) is 18.4. The molecule has 0 bridgehead atoms. The van der Waals surface area contributed by atoms with Gasteiger partial charge in [-0.25, -0.2) is 4.98 Å². The zero-order chi connectivity index (χ0) is 24.2. The lowest BCUT2D eigenvalue weighted by Gasteiger charge is -2.35. The fourth-order valence-electron chi connectivity index (χ4n) is 3.80. The molecule has 0 saturated carbocycles. The van der Waals surface area contributed by atoms with E-state index >= 15 is 0 Å². The average Bonchev–Trinajstić information content (AvgIpc) is 3.23. The second kappa shape index (κ2) is 10.2. The van der Waals surface area contributed by atoms with Crippen LogP contribution >= 0.6 is 11.3 Å². The highest BCUT2D eigenvalue weighted by Gasteiger charge is 2.26. The van der Waals surface area contributed by atoms with Gasteiger partial charge in [0, 0.05) is 25.2 Å². The van der Waals surface area contributed by atoms with Crippen molar-refractivity contribution in [3.05, 3.63) is 57.1 Å². The van der Waals surface area contributed by atoms with Gasteiger partial charge in [-0.3, -0.25) is 14.9 Å². The van der Waals surface area contributed by atoms with Gasteiger partial charge in [-0.15, -0.1) is 11.3 Å². The Hall–Kier alpha value is -3.50. The Kier molecular flexibility index (Phi) is 7.09. The monoisotopic (exact) mass is 483 g/mol. The second-order valence-corrected chi connectivity index (χ2v) is 9.11. The van der Waals surface area contributed by atoms with Crippen LogP contribution < -0.4 is 9.47 Å².